The van der Waals surface area contributed by atoms with Crippen LogP contribution in [0.3, 0.4) is 0 Å². The summed E-state index contributed by atoms with van der Waals surface area (Å²) in [6.07, 6.45) is -2.15. The number of halogens is 5. The van der Waals surface area contributed by atoms with E-state index in [-0.39, 0.29) is 17.8 Å². The average Bonchev–Trinajstić information content (AvgIpc) is 2.89. The van der Waals surface area contributed by atoms with Gasteiger partial charge in [0.15, 0.2) is 0 Å². The van der Waals surface area contributed by atoms with Gasteiger partial charge in [0, 0.05) is 29.9 Å². The van der Waals surface area contributed by atoms with Gasteiger partial charge in [0.2, 0.25) is 0 Å². The number of nitrogens with one attached hydrogen (secondary N) is 1. The van der Waals surface area contributed by atoms with Gasteiger partial charge in [-0.15, -0.1) is 0 Å². The van der Waals surface area contributed by atoms with E-state index in [0.29, 0.717) is 24.1 Å². The maximum absolute atomic E-state index is 13.3. The average molecular weight is 401 g/mol. The third kappa shape index (κ3) is 3.20. The predicted octanol–water partition coefficient (Wildman–Crippen LogP) is 4.58. The Balaban J connectivity index is 1.56. The van der Waals surface area contributed by atoms with Crippen LogP contribution in [0.5, 0.6) is 0 Å². The first-order chi connectivity index (χ1) is 12.7. The molecule has 0 aliphatic carbocycles. The number of benzene rings is 1. The van der Waals surface area contributed by atoms with E-state index in [0.717, 1.165) is 24.6 Å². The number of nitrogens with zero attached hydrogens (tertiary/aromatic N) is 3. The highest BCUT2D eigenvalue weighted by Gasteiger charge is 2.43. The highest BCUT2D eigenvalue weighted by atomic mass is 35.5. The molecule has 2 amide bonds. The molecule has 4 rings (SSSR count). The molecule has 3 heterocycles. The minimum absolute atomic E-state index is 0.151. The number of anilines is 1. The highest BCUT2D eigenvalue weighted by Crippen LogP contribution is 2.43. The van der Waals surface area contributed by atoms with Crippen molar-refractivity contribution < 1.29 is 22.4 Å². The van der Waals surface area contributed by atoms with Gasteiger partial charge in [-0.1, -0.05) is 11.6 Å². The van der Waals surface area contributed by atoms with Crippen LogP contribution in [0, 0.1) is 6.08 Å². The van der Waals surface area contributed by atoms with Crippen LogP contribution in [0.1, 0.15) is 35.7 Å². The SMILES string of the molecule is O=C(Nc1ccc(C(F)(F)F)c(Cl)c1)N1[C@H]2CC[C@@H]1c1cnc(F)nc1C2. The van der Waals surface area contributed by atoms with Gasteiger partial charge in [-0.2, -0.15) is 17.6 Å². The van der Waals surface area contributed by atoms with Crippen LogP contribution in [-0.4, -0.2) is 26.9 Å². The lowest BCUT2D eigenvalue weighted by Gasteiger charge is -2.35. The van der Waals surface area contributed by atoms with Crippen LogP contribution in [-0.2, 0) is 12.6 Å². The minimum Gasteiger partial charge on any atom is -0.314 e. The van der Waals surface area contributed by atoms with E-state index in [2.05, 4.69) is 15.3 Å². The van der Waals surface area contributed by atoms with Gasteiger partial charge in [-0.3, -0.25) is 0 Å². The van der Waals surface area contributed by atoms with Gasteiger partial charge in [0.05, 0.1) is 22.3 Å². The Morgan fingerprint density at radius 3 is 2.78 bits per heavy atom. The van der Waals surface area contributed by atoms with Crippen molar-refractivity contribution in [3.63, 3.8) is 0 Å². The lowest BCUT2D eigenvalue weighted by Crippen LogP contribution is -2.44. The fourth-order valence-corrected chi connectivity index (χ4v) is 4.06. The quantitative estimate of drug-likeness (QED) is 0.563. The van der Waals surface area contributed by atoms with Gasteiger partial charge >= 0.3 is 18.3 Å². The molecule has 0 radical (unpaired) electrons. The van der Waals surface area contributed by atoms with Gasteiger partial charge in [-0.05, 0) is 31.0 Å². The van der Waals surface area contributed by atoms with Crippen LogP contribution in [0.15, 0.2) is 24.4 Å². The molecule has 2 aromatic rings. The van der Waals surface area contributed by atoms with Crippen LogP contribution < -0.4 is 5.32 Å². The number of aromatic nitrogens is 2. The molecule has 0 saturated carbocycles. The molecule has 27 heavy (non-hydrogen) atoms. The second-order valence-corrected chi connectivity index (χ2v) is 6.93. The Morgan fingerprint density at radius 2 is 2.07 bits per heavy atom. The van der Waals surface area contributed by atoms with Crippen LogP contribution in [0.2, 0.25) is 5.02 Å². The standard InChI is InChI=1S/C17H13ClF4N4O/c18-12-5-8(1-3-11(12)17(20,21)22)24-16(27)26-9-2-4-14(26)10-7-23-15(19)25-13(10)6-9/h1,3,5,7,9,14H,2,4,6H2,(H,24,27)/t9-,14+/m0/s1. The topological polar surface area (TPSA) is 58.1 Å². The van der Waals surface area contributed by atoms with Gasteiger partial charge in [0.25, 0.3) is 0 Å². The molecule has 0 spiro atoms. The van der Waals surface area contributed by atoms with Crippen molar-refractivity contribution in [1.82, 2.24) is 14.9 Å². The van der Waals surface area contributed by atoms with Crippen LogP contribution in [0.4, 0.5) is 28.0 Å². The minimum atomic E-state index is -4.56. The van der Waals surface area contributed by atoms with Crippen molar-refractivity contribution in [3.05, 3.63) is 52.3 Å². The molecule has 5 nitrogen and oxygen atoms in total. The van der Waals surface area contributed by atoms with Crippen molar-refractivity contribution >= 4 is 23.3 Å². The Bertz CT molecular complexity index is 920. The molecule has 2 aliphatic rings. The molecule has 1 aromatic carbocycles. The fraction of sp³-hybridized carbons (Fsp3) is 0.353. The monoisotopic (exact) mass is 400 g/mol. The highest BCUT2D eigenvalue weighted by molar-refractivity contribution is 6.31. The first-order valence-corrected chi connectivity index (χ1v) is 8.59. The number of hydrogen-bond acceptors (Lipinski definition) is 3. The van der Waals surface area contributed by atoms with Crippen LogP contribution in [0.25, 0.3) is 0 Å². The molecule has 1 N–H and O–H groups in total. The Labute approximate surface area is 156 Å². The zero-order chi connectivity index (χ0) is 19.3. The molecule has 2 bridgehead atoms. The van der Waals surface area contributed by atoms with Crippen molar-refractivity contribution in [3.8, 4) is 0 Å². The number of amides is 2. The Hall–Kier alpha value is -2.42. The molecular weight excluding hydrogens is 388 g/mol. The summed E-state index contributed by atoms with van der Waals surface area (Å²) in [5.74, 6) is 0. The number of fused-ring (bicyclic) bond motifs is 4. The molecule has 10 heteroatoms. The van der Waals surface area contributed by atoms with Crippen molar-refractivity contribution in [2.45, 2.75) is 37.5 Å². The van der Waals surface area contributed by atoms with Crippen LogP contribution >= 0.6 is 11.6 Å². The summed E-state index contributed by atoms with van der Waals surface area (Å²) in [6.45, 7) is 0. The maximum Gasteiger partial charge on any atom is 0.417 e. The normalized spacial score (nSPS) is 21.1. The molecule has 142 valence electrons. The molecule has 2 aliphatic heterocycles. The Kier molecular flexibility index (Phi) is 4.21. The summed E-state index contributed by atoms with van der Waals surface area (Å²) in [5, 5.41) is 2.10. The third-order valence-electron chi connectivity index (χ3n) is 4.92. The summed E-state index contributed by atoms with van der Waals surface area (Å²) >= 11 is 5.70. The van der Waals surface area contributed by atoms with E-state index in [1.165, 1.54) is 6.20 Å². The largest absolute Gasteiger partial charge is 0.417 e. The molecule has 1 aromatic heterocycles. The van der Waals surface area contributed by atoms with E-state index in [9.17, 15) is 22.4 Å². The molecule has 1 saturated heterocycles. The zero-order valence-corrected chi connectivity index (χ0v) is 14.5. The number of alkyl halides is 3. The summed E-state index contributed by atoms with van der Waals surface area (Å²) in [5.41, 5.74) is 0.495. The first kappa shape index (κ1) is 18.0. The number of carbonyl (C=O) groups excluding carboxylic acids is 1. The molecule has 1 fully saturated rings. The lowest BCUT2D eigenvalue weighted by molar-refractivity contribution is -0.137. The number of rotatable bonds is 1. The summed E-state index contributed by atoms with van der Waals surface area (Å²) in [6, 6.07) is 2.17. The number of hydrogen-bond donors (Lipinski definition) is 1. The van der Waals surface area contributed by atoms with Gasteiger partial charge in [0.1, 0.15) is 0 Å². The predicted molar refractivity (Wildman–Crippen MR) is 88.8 cm³/mol. The van der Waals surface area contributed by atoms with Gasteiger partial charge < -0.3 is 10.2 Å². The number of carbonyl (C=O) groups is 1. The second-order valence-electron chi connectivity index (χ2n) is 6.52. The fourth-order valence-electron chi connectivity index (χ4n) is 3.77. The second kappa shape index (κ2) is 6.33. The lowest BCUT2D eigenvalue weighted by atomic mass is 10.00. The smallest absolute Gasteiger partial charge is 0.314 e. The van der Waals surface area contributed by atoms with E-state index in [1.807, 2.05) is 0 Å². The zero-order valence-electron chi connectivity index (χ0n) is 13.7. The van der Waals surface area contributed by atoms with E-state index < -0.39 is 28.9 Å². The van der Waals surface area contributed by atoms with Crippen molar-refractivity contribution in [2.75, 3.05) is 5.32 Å². The Morgan fingerprint density at radius 1 is 1.30 bits per heavy atom. The summed E-state index contributed by atoms with van der Waals surface area (Å²) < 4.78 is 51.6. The molecule has 0 unspecified atom stereocenters. The summed E-state index contributed by atoms with van der Waals surface area (Å²) in [4.78, 5) is 21.7. The van der Waals surface area contributed by atoms with E-state index >= 15 is 0 Å². The van der Waals surface area contributed by atoms with Crippen molar-refractivity contribution in [1.29, 1.82) is 0 Å². The number of urea groups is 1. The summed E-state index contributed by atoms with van der Waals surface area (Å²) in [7, 11) is 0. The van der Waals surface area contributed by atoms with Crippen molar-refractivity contribution in [2.24, 2.45) is 0 Å². The van der Waals surface area contributed by atoms with E-state index in [4.69, 9.17) is 11.6 Å². The first-order valence-electron chi connectivity index (χ1n) is 8.21. The molecular formula is C17H13ClF4N4O. The third-order valence-corrected chi connectivity index (χ3v) is 5.23. The maximum atomic E-state index is 13.3. The molecule has 2 atom stereocenters. The van der Waals surface area contributed by atoms with E-state index in [1.54, 1.807) is 4.90 Å². The van der Waals surface area contributed by atoms with Gasteiger partial charge in [-0.25, -0.2) is 14.8 Å².